The van der Waals surface area contributed by atoms with Crippen LogP contribution in [0.25, 0.3) is 0 Å². The van der Waals surface area contributed by atoms with Gasteiger partial charge in [-0.15, -0.1) is 0 Å². The van der Waals surface area contributed by atoms with Crippen LogP contribution in [0.2, 0.25) is 0 Å². The van der Waals surface area contributed by atoms with Crippen LogP contribution in [0.15, 0.2) is 42.2 Å². The molecule has 2 bridgehead atoms. The Balaban J connectivity index is 2.04. The molecule has 0 radical (unpaired) electrons. The van der Waals surface area contributed by atoms with Gasteiger partial charge in [0.15, 0.2) is 5.76 Å². The summed E-state index contributed by atoms with van der Waals surface area (Å²) in [5.74, 6) is 0.680. The first kappa shape index (κ1) is 15.4. The molecule has 1 saturated heterocycles. The number of hydrogen-bond acceptors (Lipinski definition) is 6. The van der Waals surface area contributed by atoms with Crippen molar-refractivity contribution >= 4 is 0 Å². The van der Waals surface area contributed by atoms with Crippen LogP contribution in [0.1, 0.15) is 12.8 Å². The zero-order chi connectivity index (χ0) is 16.7. The van der Waals surface area contributed by atoms with Gasteiger partial charge in [-0.25, -0.2) is 0 Å². The minimum atomic E-state index is -1.59. The third-order valence-electron chi connectivity index (χ3n) is 4.55. The van der Waals surface area contributed by atoms with Crippen LogP contribution >= 0.6 is 0 Å². The average Bonchev–Trinajstić information content (AvgIpc) is 2.50. The SMILES string of the molecule is CN1C[C@@]2([N+](=O)[O-])CC=C(Oc3ccccc3)[C@@]([N+](=O)[O-])(C1)C2. The second-order valence-corrected chi connectivity index (χ2v) is 6.31. The van der Waals surface area contributed by atoms with Gasteiger partial charge in [-0.05, 0) is 25.3 Å². The molecular weight excluding hydrogens is 302 g/mol. The summed E-state index contributed by atoms with van der Waals surface area (Å²) in [5, 5.41) is 23.4. The molecule has 1 aliphatic heterocycles. The van der Waals surface area contributed by atoms with Gasteiger partial charge in [-0.1, -0.05) is 18.2 Å². The average molecular weight is 319 g/mol. The van der Waals surface area contributed by atoms with Crippen LogP contribution < -0.4 is 4.74 Å². The van der Waals surface area contributed by atoms with E-state index in [2.05, 4.69) is 0 Å². The second kappa shape index (κ2) is 5.31. The molecule has 1 heterocycles. The predicted octanol–water partition coefficient (Wildman–Crippen LogP) is 1.72. The summed E-state index contributed by atoms with van der Waals surface area (Å²) in [6.07, 6.45) is 1.50. The fourth-order valence-corrected chi connectivity index (χ4v) is 3.60. The molecule has 122 valence electrons. The third-order valence-corrected chi connectivity index (χ3v) is 4.55. The molecule has 8 heteroatoms. The number of fused-ring (bicyclic) bond motifs is 2. The number of ether oxygens (including phenoxy) is 1. The van der Waals surface area contributed by atoms with Gasteiger partial charge < -0.3 is 4.74 Å². The lowest BCUT2D eigenvalue weighted by Gasteiger charge is -2.44. The molecule has 8 nitrogen and oxygen atoms in total. The van der Waals surface area contributed by atoms with Gasteiger partial charge in [0.2, 0.25) is 5.54 Å². The van der Waals surface area contributed by atoms with E-state index >= 15 is 0 Å². The van der Waals surface area contributed by atoms with Crippen molar-refractivity contribution in [3.05, 3.63) is 62.4 Å². The molecule has 1 aromatic carbocycles. The molecule has 1 aromatic rings. The van der Waals surface area contributed by atoms with Crippen molar-refractivity contribution in [1.29, 1.82) is 0 Å². The van der Waals surface area contributed by atoms with E-state index in [9.17, 15) is 20.2 Å². The topological polar surface area (TPSA) is 98.8 Å². The highest BCUT2D eigenvalue weighted by Crippen LogP contribution is 2.44. The van der Waals surface area contributed by atoms with Gasteiger partial charge in [0.1, 0.15) is 5.75 Å². The summed E-state index contributed by atoms with van der Waals surface area (Å²) < 4.78 is 5.75. The van der Waals surface area contributed by atoms with E-state index in [4.69, 9.17) is 4.74 Å². The molecule has 3 rings (SSSR count). The zero-order valence-corrected chi connectivity index (χ0v) is 12.7. The monoisotopic (exact) mass is 319 g/mol. The summed E-state index contributed by atoms with van der Waals surface area (Å²) in [6, 6.07) is 8.77. The van der Waals surface area contributed by atoms with Gasteiger partial charge in [0.25, 0.3) is 5.54 Å². The number of nitrogens with zero attached hydrogens (tertiary/aromatic N) is 3. The Bertz CT molecular complexity index is 677. The number of likely N-dealkylation sites (tertiary alicyclic amines) is 1. The predicted molar refractivity (Wildman–Crippen MR) is 81.3 cm³/mol. The summed E-state index contributed by atoms with van der Waals surface area (Å²) >= 11 is 0. The van der Waals surface area contributed by atoms with Gasteiger partial charge in [-0.2, -0.15) is 0 Å². The van der Waals surface area contributed by atoms with E-state index in [1.165, 1.54) is 6.08 Å². The fraction of sp³-hybridized carbons (Fsp3) is 0.467. The van der Waals surface area contributed by atoms with Crippen molar-refractivity contribution in [3.63, 3.8) is 0 Å². The maximum atomic E-state index is 11.8. The highest BCUT2D eigenvalue weighted by atomic mass is 16.6. The van der Waals surface area contributed by atoms with E-state index in [0.717, 1.165) is 0 Å². The molecule has 1 fully saturated rings. The highest BCUT2D eigenvalue weighted by molar-refractivity contribution is 5.29. The summed E-state index contributed by atoms with van der Waals surface area (Å²) in [4.78, 5) is 24.2. The van der Waals surface area contributed by atoms with Crippen LogP contribution in [0.3, 0.4) is 0 Å². The molecule has 1 aliphatic carbocycles. The molecule has 2 atom stereocenters. The van der Waals surface area contributed by atoms with Crippen molar-refractivity contribution in [2.24, 2.45) is 0 Å². The van der Waals surface area contributed by atoms with Crippen molar-refractivity contribution in [2.75, 3.05) is 20.1 Å². The van der Waals surface area contributed by atoms with E-state index in [1.807, 2.05) is 6.07 Å². The molecule has 0 saturated carbocycles. The lowest BCUT2D eigenvalue weighted by Crippen LogP contribution is -2.67. The van der Waals surface area contributed by atoms with Crippen LogP contribution in [0.4, 0.5) is 0 Å². The maximum Gasteiger partial charge on any atom is 0.297 e. The smallest absolute Gasteiger partial charge is 0.297 e. The first-order chi connectivity index (χ1) is 10.9. The molecule has 0 N–H and O–H groups in total. The molecule has 23 heavy (non-hydrogen) atoms. The molecule has 0 spiro atoms. The van der Waals surface area contributed by atoms with E-state index < -0.39 is 16.0 Å². The number of para-hydroxylation sites is 1. The van der Waals surface area contributed by atoms with Crippen LogP contribution in [0.5, 0.6) is 5.75 Å². The minimum Gasteiger partial charge on any atom is -0.454 e. The first-order valence-corrected chi connectivity index (χ1v) is 7.29. The van der Waals surface area contributed by atoms with Gasteiger partial charge in [-0.3, -0.25) is 25.1 Å². The first-order valence-electron chi connectivity index (χ1n) is 7.29. The summed E-state index contributed by atoms with van der Waals surface area (Å²) in [5.41, 5.74) is -2.92. The van der Waals surface area contributed by atoms with Crippen LogP contribution in [-0.2, 0) is 0 Å². The maximum absolute atomic E-state index is 11.8. The van der Waals surface area contributed by atoms with Crippen LogP contribution in [-0.4, -0.2) is 46.0 Å². The molecule has 2 aliphatic rings. The Hall–Kier alpha value is -2.48. The lowest BCUT2D eigenvalue weighted by molar-refractivity contribution is -0.623. The van der Waals surface area contributed by atoms with E-state index in [1.54, 1.807) is 36.2 Å². The van der Waals surface area contributed by atoms with Crippen molar-refractivity contribution in [1.82, 2.24) is 4.90 Å². The number of rotatable bonds is 4. The fourth-order valence-electron chi connectivity index (χ4n) is 3.60. The highest BCUT2D eigenvalue weighted by Gasteiger charge is 2.66. The van der Waals surface area contributed by atoms with Gasteiger partial charge in [0.05, 0.1) is 19.5 Å². The Labute approximate surface area is 132 Å². The number of piperidine rings is 1. The Morgan fingerprint density at radius 2 is 1.83 bits per heavy atom. The zero-order valence-electron chi connectivity index (χ0n) is 12.7. The van der Waals surface area contributed by atoms with Gasteiger partial charge >= 0.3 is 0 Å². The molecule has 0 amide bonds. The minimum absolute atomic E-state index is 0.0915. The standard InChI is InChI=1S/C15H17N3O5/c1-16-10-14(17(19)20)8-7-13(15(9-14,11-16)18(21)22)23-12-5-3-2-4-6-12/h2-7H,8-11H2,1H3/t14-,15+/m1/s1. The Kier molecular flexibility index (Phi) is 3.56. The second-order valence-electron chi connectivity index (χ2n) is 6.31. The summed E-state index contributed by atoms with van der Waals surface area (Å²) in [6.45, 7) is 0.291. The lowest BCUT2D eigenvalue weighted by atomic mass is 9.71. The number of benzene rings is 1. The quantitative estimate of drug-likeness (QED) is 0.619. The number of hydrogen-bond donors (Lipinski definition) is 0. The van der Waals surface area contributed by atoms with Crippen molar-refractivity contribution < 1.29 is 14.6 Å². The molecular formula is C15H17N3O5. The molecule has 0 aromatic heterocycles. The van der Waals surface area contributed by atoms with Crippen molar-refractivity contribution in [2.45, 2.75) is 23.9 Å². The molecule has 0 unspecified atom stereocenters. The van der Waals surface area contributed by atoms with E-state index in [-0.39, 0.29) is 36.6 Å². The Morgan fingerprint density at radius 3 is 2.43 bits per heavy atom. The normalized spacial score (nSPS) is 30.4. The van der Waals surface area contributed by atoms with E-state index in [0.29, 0.717) is 5.75 Å². The number of likely N-dealkylation sites (N-methyl/N-ethyl adjacent to an activating group) is 1. The van der Waals surface area contributed by atoms with Crippen molar-refractivity contribution in [3.8, 4) is 5.75 Å². The van der Waals surface area contributed by atoms with Crippen LogP contribution in [0, 0.1) is 20.2 Å². The summed E-state index contributed by atoms with van der Waals surface area (Å²) in [7, 11) is 1.67. The largest absolute Gasteiger partial charge is 0.454 e. The number of nitro groups is 2. The van der Waals surface area contributed by atoms with Gasteiger partial charge in [0, 0.05) is 16.3 Å². The third kappa shape index (κ3) is 2.44. The Morgan fingerprint density at radius 1 is 1.13 bits per heavy atom.